The Bertz CT molecular complexity index is 452. The molecule has 0 radical (unpaired) electrons. The minimum Gasteiger partial charge on any atom is -0.389 e. The van der Waals surface area contributed by atoms with Gasteiger partial charge in [-0.05, 0) is 24.5 Å². The van der Waals surface area contributed by atoms with E-state index in [9.17, 15) is 0 Å². The number of halogens is 1. The monoisotopic (exact) mass is 284 g/mol. The molecule has 100 valence electrons. The summed E-state index contributed by atoms with van der Waals surface area (Å²) >= 11 is 11.3. The molecule has 1 rings (SSSR count). The van der Waals surface area contributed by atoms with Crippen LogP contribution in [-0.2, 0) is 0 Å². The van der Waals surface area contributed by atoms with Crippen LogP contribution in [0.4, 0.5) is 5.69 Å². The molecule has 0 bridgehead atoms. The third-order valence-corrected chi connectivity index (χ3v) is 3.97. The van der Waals surface area contributed by atoms with Crippen LogP contribution in [0, 0.1) is 5.41 Å². The molecule has 2 N–H and O–H groups in total. The van der Waals surface area contributed by atoms with Gasteiger partial charge in [-0.15, -0.1) is 0 Å². The van der Waals surface area contributed by atoms with Crippen molar-refractivity contribution in [3.63, 3.8) is 0 Å². The molecule has 0 aliphatic rings. The van der Waals surface area contributed by atoms with E-state index >= 15 is 0 Å². The molecule has 1 aromatic carbocycles. The van der Waals surface area contributed by atoms with E-state index in [0.29, 0.717) is 16.1 Å². The Morgan fingerprint density at radius 2 is 1.94 bits per heavy atom. The summed E-state index contributed by atoms with van der Waals surface area (Å²) in [6, 6.07) is 6.08. The van der Waals surface area contributed by atoms with E-state index in [1.807, 2.05) is 25.2 Å². The molecule has 0 amide bonds. The van der Waals surface area contributed by atoms with Crippen LogP contribution in [0.15, 0.2) is 18.2 Å². The van der Waals surface area contributed by atoms with Gasteiger partial charge in [0.15, 0.2) is 0 Å². The van der Waals surface area contributed by atoms with Gasteiger partial charge in [0.25, 0.3) is 0 Å². The molecule has 1 atom stereocenters. The molecule has 0 aliphatic heterocycles. The number of hydrogen-bond donors (Lipinski definition) is 1. The van der Waals surface area contributed by atoms with Crippen LogP contribution in [0.5, 0.6) is 0 Å². The standard InChI is InChI=1S/C14H21ClN2S/c1-9(14(2,3)4)17(5)11-8-6-7-10(15)12(11)13(16)18/h6-9H,1-5H3,(H2,16,18). The van der Waals surface area contributed by atoms with Crippen LogP contribution in [0.25, 0.3) is 0 Å². The fourth-order valence-corrected chi connectivity index (χ4v) is 2.38. The topological polar surface area (TPSA) is 29.3 Å². The Labute approximate surface area is 120 Å². The first-order valence-corrected chi connectivity index (χ1v) is 6.76. The Balaban J connectivity index is 3.26. The lowest BCUT2D eigenvalue weighted by atomic mass is 9.86. The van der Waals surface area contributed by atoms with Crippen LogP contribution < -0.4 is 10.6 Å². The zero-order valence-corrected chi connectivity index (χ0v) is 13.2. The second-order valence-electron chi connectivity index (χ2n) is 5.65. The van der Waals surface area contributed by atoms with Crippen molar-refractivity contribution in [3.05, 3.63) is 28.8 Å². The van der Waals surface area contributed by atoms with E-state index < -0.39 is 0 Å². The molecule has 0 spiro atoms. The summed E-state index contributed by atoms with van der Waals surface area (Å²) in [4.78, 5) is 2.52. The molecule has 0 aromatic heterocycles. The normalized spacial score (nSPS) is 13.2. The number of rotatable bonds is 3. The van der Waals surface area contributed by atoms with Crippen LogP contribution in [0.2, 0.25) is 5.02 Å². The molecule has 0 saturated heterocycles. The Hall–Kier alpha value is -0.800. The fourth-order valence-electron chi connectivity index (χ4n) is 1.84. The summed E-state index contributed by atoms with van der Waals surface area (Å²) in [5.41, 5.74) is 7.68. The lowest BCUT2D eigenvalue weighted by molar-refractivity contribution is 0.329. The SMILES string of the molecule is CC(N(C)c1cccc(Cl)c1C(N)=S)C(C)(C)C. The minimum absolute atomic E-state index is 0.157. The van der Waals surface area contributed by atoms with Crippen molar-refractivity contribution in [2.45, 2.75) is 33.7 Å². The average Bonchev–Trinajstić information content (AvgIpc) is 2.24. The summed E-state index contributed by atoms with van der Waals surface area (Å²) in [6.45, 7) is 8.81. The van der Waals surface area contributed by atoms with Gasteiger partial charge >= 0.3 is 0 Å². The quantitative estimate of drug-likeness (QED) is 0.855. The largest absolute Gasteiger partial charge is 0.389 e. The average molecular weight is 285 g/mol. The van der Waals surface area contributed by atoms with E-state index in [1.54, 1.807) is 0 Å². The molecule has 0 fully saturated rings. The Kier molecular flexibility index (Phi) is 4.62. The van der Waals surface area contributed by atoms with Crippen LogP contribution >= 0.6 is 23.8 Å². The van der Waals surface area contributed by atoms with Crippen molar-refractivity contribution in [1.29, 1.82) is 0 Å². The fraction of sp³-hybridized carbons (Fsp3) is 0.500. The molecule has 2 nitrogen and oxygen atoms in total. The molecule has 1 unspecified atom stereocenters. The molecular weight excluding hydrogens is 264 g/mol. The molecular formula is C14H21ClN2S. The minimum atomic E-state index is 0.157. The highest BCUT2D eigenvalue weighted by atomic mass is 35.5. The highest BCUT2D eigenvalue weighted by molar-refractivity contribution is 7.80. The molecule has 0 heterocycles. The van der Waals surface area contributed by atoms with E-state index in [-0.39, 0.29) is 5.41 Å². The van der Waals surface area contributed by atoms with E-state index in [2.05, 4.69) is 32.6 Å². The molecule has 4 heteroatoms. The van der Waals surface area contributed by atoms with Crippen molar-refractivity contribution < 1.29 is 0 Å². The van der Waals surface area contributed by atoms with Gasteiger partial charge in [0, 0.05) is 18.8 Å². The number of thiocarbonyl (C=S) groups is 1. The van der Waals surface area contributed by atoms with Crippen molar-refractivity contribution in [2.75, 3.05) is 11.9 Å². The van der Waals surface area contributed by atoms with Crippen molar-refractivity contribution in [1.82, 2.24) is 0 Å². The van der Waals surface area contributed by atoms with Gasteiger partial charge in [-0.1, -0.05) is 50.7 Å². The van der Waals surface area contributed by atoms with Gasteiger partial charge in [-0.3, -0.25) is 0 Å². The first kappa shape index (κ1) is 15.3. The van der Waals surface area contributed by atoms with Crippen molar-refractivity contribution in [2.24, 2.45) is 11.1 Å². The molecule has 0 aliphatic carbocycles. The number of nitrogens with zero attached hydrogens (tertiary/aromatic N) is 1. The van der Waals surface area contributed by atoms with Gasteiger partial charge in [0.1, 0.15) is 4.99 Å². The second-order valence-corrected chi connectivity index (χ2v) is 6.50. The highest BCUT2D eigenvalue weighted by Crippen LogP contribution is 2.32. The number of anilines is 1. The smallest absolute Gasteiger partial charge is 0.107 e. The number of nitrogens with two attached hydrogens (primary N) is 1. The molecule has 18 heavy (non-hydrogen) atoms. The molecule has 1 aromatic rings. The lowest BCUT2D eigenvalue weighted by Crippen LogP contribution is -2.40. The van der Waals surface area contributed by atoms with Gasteiger partial charge in [0.2, 0.25) is 0 Å². The van der Waals surface area contributed by atoms with E-state index in [4.69, 9.17) is 29.6 Å². The van der Waals surface area contributed by atoms with Gasteiger partial charge in [-0.25, -0.2) is 0 Å². The number of benzene rings is 1. The highest BCUT2D eigenvalue weighted by Gasteiger charge is 2.26. The maximum atomic E-state index is 6.19. The summed E-state index contributed by atoms with van der Waals surface area (Å²) in [5.74, 6) is 0. The maximum Gasteiger partial charge on any atom is 0.107 e. The second kappa shape index (κ2) is 5.45. The lowest BCUT2D eigenvalue weighted by Gasteiger charge is -2.37. The summed E-state index contributed by atoms with van der Waals surface area (Å²) < 4.78 is 0. The van der Waals surface area contributed by atoms with Crippen LogP contribution in [0.3, 0.4) is 0 Å². The predicted octanol–water partition coefficient (Wildman–Crippen LogP) is 3.85. The Morgan fingerprint density at radius 3 is 2.39 bits per heavy atom. The predicted molar refractivity (Wildman–Crippen MR) is 84.7 cm³/mol. The first-order chi connectivity index (χ1) is 8.16. The van der Waals surface area contributed by atoms with Crippen molar-refractivity contribution >= 4 is 34.5 Å². The van der Waals surface area contributed by atoms with E-state index in [0.717, 1.165) is 11.3 Å². The third kappa shape index (κ3) is 3.15. The van der Waals surface area contributed by atoms with Crippen molar-refractivity contribution in [3.8, 4) is 0 Å². The van der Waals surface area contributed by atoms with Gasteiger partial charge < -0.3 is 10.6 Å². The Morgan fingerprint density at radius 1 is 1.39 bits per heavy atom. The van der Waals surface area contributed by atoms with Crippen LogP contribution in [0.1, 0.15) is 33.3 Å². The maximum absolute atomic E-state index is 6.19. The van der Waals surface area contributed by atoms with Gasteiger partial charge in [-0.2, -0.15) is 0 Å². The van der Waals surface area contributed by atoms with E-state index in [1.165, 1.54) is 0 Å². The zero-order chi connectivity index (χ0) is 14.1. The summed E-state index contributed by atoms with van der Waals surface area (Å²) in [7, 11) is 2.04. The summed E-state index contributed by atoms with van der Waals surface area (Å²) in [6.07, 6.45) is 0. The summed E-state index contributed by atoms with van der Waals surface area (Å²) in [5, 5.41) is 0.605. The van der Waals surface area contributed by atoms with Crippen LogP contribution in [-0.4, -0.2) is 18.1 Å². The first-order valence-electron chi connectivity index (χ1n) is 5.97. The molecule has 0 saturated carbocycles. The zero-order valence-electron chi connectivity index (χ0n) is 11.6. The third-order valence-electron chi connectivity index (χ3n) is 3.45. The van der Waals surface area contributed by atoms with Gasteiger partial charge in [0.05, 0.1) is 10.6 Å². The number of hydrogen-bond acceptors (Lipinski definition) is 2.